The Bertz CT molecular complexity index is 827. The topological polar surface area (TPSA) is 67.8 Å². The van der Waals surface area contributed by atoms with Crippen molar-refractivity contribution in [2.45, 2.75) is 18.7 Å². The van der Waals surface area contributed by atoms with Crippen LogP contribution in [0.15, 0.2) is 55.3 Å². The monoisotopic (exact) mass is 474 g/mol. The van der Waals surface area contributed by atoms with Gasteiger partial charge in [0.1, 0.15) is 5.75 Å². The molecule has 2 aromatic rings. The Morgan fingerprint density at radius 2 is 1.75 bits per heavy atom. The number of halogens is 2. The van der Waals surface area contributed by atoms with E-state index in [4.69, 9.17) is 4.74 Å². The van der Waals surface area contributed by atoms with E-state index in [0.29, 0.717) is 17.9 Å². The van der Waals surface area contributed by atoms with E-state index in [-0.39, 0.29) is 4.90 Å². The maximum Gasteiger partial charge on any atom is 0.276 e. The first-order valence-electron chi connectivity index (χ1n) is 7.07. The van der Waals surface area contributed by atoms with Crippen molar-refractivity contribution in [1.29, 1.82) is 0 Å². The fraction of sp³-hybridized carbons (Fsp3) is 0.188. The smallest absolute Gasteiger partial charge is 0.276 e. The molecule has 128 valence electrons. The standard InChI is InChI=1S/C16H16Br2N2O3S/c1-3-23-16-14(17)8-12(9-15(16)18)10-19-20-24(21,22)13-6-4-11(2)5-7-13/h4-10,20H,3H2,1-2H3/b19-10-. The summed E-state index contributed by atoms with van der Waals surface area (Å²) in [6.07, 6.45) is 1.43. The number of nitrogens with zero attached hydrogens (tertiary/aromatic N) is 1. The number of sulfonamides is 1. The Morgan fingerprint density at radius 3 is 2.29 bits per heavy atom. The average molecular weight is 476 g/mol. The van der Waals surface area contributed by atoms with Crippen LogP contribution in [0.25, 0.3) is 0 Å². The normalized spacial score (nSPS) is 11.7. The highest BCUT2D eigenvalue weighted by Gasteiger charge is 2.12. The molecule has 0 saturated carbocycles. The van der Waals surface area contributed by atoms with Gasteiger partial charge in [-0.05, 0) is 75.5 Å². The number of hydrogen-bond donors (Lipinski definition) is 1. The molecule has 0 heterocycles. The molecule has 0 radical (unpaired) electrons. The molecule has 2 rings (SSSR count). The second-order valence-electron chi connectivity index (χ2n) is 4.91. The summed E-state index contributed by atoms with van der Waals surface area (Å²) in [6.45, 7) is 4.33. The van der Waals surface area contributed by atoms with Gasteiger partial charge in [0.05, 0.1) is 26.7 Å². The predicted octanol–water partition coefficient (Wildman–Crippen LogP) is 4.23. The fourth-order valence-electron chi connectivity index (χ4n) is 1.88. The van der Waals surface area contributed by atoms with Crippen LogP contribution in [-0.2, 0) is 10.0 Å². The fourth-order valence-corrected chi connectivity index (χ4v) is 4.12. The third kappa shape index (κ3) is 4.81. The van der Waals surface area contributed by atoms with Crippen molar-refractivity contribution in [3.63, 3.8) is 0 Å². The molecule has 1 N–H and O–H groups in total. The van der Waals surface area contributed by atoms with Gasteiger partial charge in [-0.15, -0.1) is 0 Å². The Hall–Kier alpha value is -1.38. The minimum Gasteiger partial charge on any atom is -0.492 e. The lowest BCUT2D eigenvalue weighted by atomic mass is 10.2. The molecule has 2 aromatic carbocycles. The van der Waals surface area contributed by atoms with Gasteiger partial charge in [-0.25, -0.2) is 4.83 Å². The molecule has 0 fully saturated rings. The lowest BCUT2D eigenvalue weighted by Gasteiger charge is -2.09. The van der Waals surface area contributed by atoms with Crippen LogP contribution in [0.2, 0.25) is 0 Å². The predicted molar refractivity (Wildman–Crippen MR) is 102 cm³/mol. The maximum atomic E-state index is 12.1. The maximum absolute atomic E-state index is 12.1. The van der Waals surface area contributed by atoms with Crippen LogP contribution in [0, 0.1) is 6.92 Å². The van der Waals surface area contributed by atoms with Crippen molar-refractivity contribution in [1.82, 2.24) is 4.83 Å². The lowest BCUT2D eigenvalue weighted by Crippen LogP contribution is -2.18. The zero-order valence-corrected chi connectivity index (χ0v) is 17.1. The van der Waals surface area contributed by atoms with Crippen molar-refractivity contribution in [2.24, 2.45) is 5.10 Å². The van der Waals surface area contributed by atoms with E-state index in [9.17, 15) is 8.42 Å². The van der Waals surface area contributed by atoms with Gasteiger partial charge < -0.3 is 4.74 Å². The van der Waals surface area contributed by atoms with Crippen LogP contribution in [0.3, 0.4) is 0 Å². The van der Waals surface area contributed by atoms with Gasteiger partial charge in [0.15, 0.2) is 0 Å². The van der Waals surface area contributed by atoms with E-state index >= 15 is 0 Å². The van der Waals surface area contributed by atoms with Gasteiger partial charge in [0.25, 0.3) is 10.0 Å². The molecule has 5 nitrogen and oxygen atoms in total. The van der Waals surface area contributed by atoms with E-state index in [0.717, 1.165) is 14.5 Å². The largest absolute Gasteiger partial charge is 0.492 e. The second-order valence-corrected chi connectivity index (χ2v) is 8.28. The molecule has 0 saturated heterocycles. The van der Waals surface area contributed by atoms with Gasteiger partial charge in [-0.1, -0.05) is 17.7 Å². The minimum absolute atomic E-state index is 0.166. The summed E-state index contributed by atoms with van der Waals surface area (Å²) in [5.41, 5.74) is 1.70. The molecule has 24 heavy (non-hydrogen) atoms. The van der Waals surface area contributed by atoms with Crippen LogP contribution in [0.1, 0.15) is 18.1 Å². The number of ether oxygens (including phenoxy) is 1. The van der Waals surface area contributed by atoms with Crippen LogP contribution < -0.4 is 9.57 Å². The first kappa shape index (κ1) is 19.0. The highest BCUT2D eigenvalue weighted by Crippen LogP contribution is 2.34. The van der Waals surface area contributed by atoms with E-state index in [1.165, 1.54) is 18.3 Å². The highest BCUT2D eigenvalue weighted by molar-refractivity contribution is 9.11. The van der Waals surface area contributed by atoms with E-state index < -0.39 is 10.0 Å². The van der Waals surface area contributed by atoms with Gasteiger partial charge in [-0.3, -0.25) is 0 Å². The molecule has 0 aliphatic carbocycles. The summed E-state index contributed by atoms with van der Waals surface area (Å²) in [7, 11) is -3.68. The first-order valence-corrected chi connectivity index (χ1v) is 10.1. The zero-order chi connectivity index (χ0) is 17.7. The van der Waals surface area contributed by atoms with Crippen LogP contribution >= 0.6 is 31.9 Å². The first-order chi connectivity index (χ1) is 11.3. The third-order valence-corrected chi connectivity index (χ3v) is 5.44. The summed E-state index contributed by atoms with van der Waals surface area (Å²) in [5.74, 6) is 0.690. The molecule has 0 amide bonds. The molecule has 8 heteroatoms. The summed E-state index contributed by atoms with van der Waals surface area (Å²) in [4.78, 5) is 2.37. The SMILES string of the molecule is CCOc1c(Br)cc(/C=N\NS(=O)(=O)c2ccc(C)cc2)cc1Br. The van der Waals surface area contributed by atoms with E-state index in [1.807, 2.05) is 13.8 Å². The lowest BCUT2D eigenvalue weighted by molar-refractivity contribution is 0.336. The zero-order valence-electron chi connectivity index (χ0n) is 13.1. The number of rotatable bonds is 6. The van der Waals surface area contributed by atoms with Gasteiger partial charge in [0, 0.05) is 0 Å². The van der Waals surface area contributed by atoms with Crippen molar-refractivity contribution in [2.75, 3.05) is 6.61 Å². The Balaban J connectivity index is 2.15. The Labute approximate surface area is 158 Å². The number of hydrogen-bond acceptors (Lipinski definition) is 4. The van der Waals surface area contributed by atoms with Crippen molar-refractivity contribution < 1.29 is 13.2 Å². The molecule has 0 aliphatic heterocycles. The van der Waals surface area contributed by atoms with E-state index in [2.05, 4.69) is 41.8 Å². The molecule has 0 atom stereocenters. The molecular weight excluding hydrogens is 460 g/mol. The Morgan fingerprint density at radius 1 is 1.17 bits per heavy atom. The third-order valence-electron chi connectivity index (χ3n) is 3.03. The van der Waals surface area contributed by atoms with Crippen LogP contribution in [0.4, 0.5) is 0 Å². The average Bonchev–Trinajstić information content (AvgIpc) is 2.51. The summed E-state index contributed by atoms with van der Waals surface area (Å²) in [6, 6.07) is 10.1. The quantitative estimate of drug-likeness (QED) is 0.502. The van der Waals surface area contributed by atoms with Crippen molar-refractivity contribution >= 4 is 48.1 Å². The molecule has 0 aliphatic rings. The van der Waals surface area contributed by atoms with Gasteiger partial charge in [-0.2, -0.15) is 13.5 Å². The summed E-state index contributed by atoms with van der Waals surface area (Å²) >= 11 is 6.84. The molecule has 0 spiro atoms. The number of nitrogens with one attached hydrogen (secondary N) is 1. The minimum atomic E-state index is -3.68. The van der Waals surface area contributed by atoms with E-state index in [1.54, 1.807) is 24.3 Å². The van der Waals surface area contributed by atoms with Gasteiger partial charge >= 0.3 is 0 Å². The summed E-state index contributed by atoms with van der Waals surface area (Å²) < 4.78 is 31.3. The second kappa shape index (κ2) is 8.13. The van der Waals surface area contributed by atoms with Crippen LogP contribution in [0.5, 0.6) is 5.75 Å². The van der Waals surface area contributed by atoms with Gasteiger partial charge in [0.2, 0.25) is 0 Å². The molecule has 0 unspecified atom stereocenters. The van der Waals surface area contributed by atoms with Crippen LogP contribution in [-0.4, -0.2) is 21.2 Å². The molecule has 0 bridgehead atoms. The molecule has 0 aromatic heterocycles. The van der Waals surface area contributed by atoms with Crippen molar-refractivity contribution in [3.8, 4) is 5.75 Å². The number of benzene rings is 2. The highest BCUT2D eigenvalue weighted by atomic mass is 79.9. The summed E-state index contributed by atoms with van der Waals surface area (Å²) in [5, 5.41) is 3.82. The Kier molecular flexibility index (Phi) is 6.42. The molecular formula is C16H16Br2N2O3S. The number of aryl methyl sites for hydroxylation is 1. The number of hydrazone groups is 1. The van der Waals surface area contributed by atoms with Crippen molar-refractivity contribution in [3.05, 3.63) is 56.5 Å².